The zero-order valence-electron chi connectivity index (χ0n) is 12.9. The molecule has 1 aliphatic heterocycles. The number of hydrogen-bond acceptors (Lipinski definition) is 4. The molecule has 0 fully saturated rings. The third-order valence-corrected chi connectivity index (χ3v) is 3.59. The predicted molar refractivity (Wildman–Crippen MR) is 78.6 cm³/mol. The number of hydrogen-bond donors (Lipinski definition) is 0. The molecule has 114 valence electrons. The maximum Gasteiger partial charge on any atom is 0.231 e. The van der Waals surface area contributed by atoms with E-state index in [9.17, 15) is 9.59 Å². The molecule has 1 aromatic carbocycles. The van der Waals surface area contributed by atoms with E-state index < -0.39 is 6.04 Å². The molecule has 0 N–H and O–H groups in total. The van der Waals surface area contributed by atoms with Crippen LogP contribution in [0.25, 0.3) is 0 Å². The molecule has 5 nitrogen and oxygen atoms in total. The second-order valence-electron chi connectivity index (χ2n) is 5.71. The molecule has 1 aromatic rings. The lowest BCUT2D eigenvalue weighted by Crippen LogP contribution is -2.40. The van der Waals surface area contributed by atoms with E-state index in [1.807, 2.05) is 13.8 Å². The molecule has 1 aliphatic rings. The second-order valence-corrected chi connectivity index (χ2v) is 5.71. The highest BCUT2D eigenvalue weighted by atomic mass is 16.7. The van der Waals surface area contributed by atoms with Gasteiger partial charge in [0, 0.05) is 19.0 Å². The molecule has 0 aromatic heterocycles. The zero-order chi connectivity index (χ0) is 15.6. The summed E-state index contributed by atoms with van der Waals surface area (Å²) in [6.07, 6.45) is 0.440. The van der Waals surface area contributed by atoms with Gasteiger partial charge in [0.1, 0.15) is 0 Å². The van der Waals surface area contributed by atoms with Crippen LogP contribution in [0.3, 0.4) is 0 Å². The smallest absolute Gasteiger partial charge is 0.231 e. The monoisotopic (exact) mass is 291 g/mol. The standard InChI is InChI=1S/C16H21NO4/c1-10(2)7-15(18)17(4)11(3)16(19)12-5-6-13-14(8-12)21-9-20-13/h5-6,8,10-11H,7,9H2,1-4H3. The summed E-state index contributed by atoms with van der Waals surface area (Å²) in [6, 6.07) is 4.59. The molecule has 0 bridgehead atoms. The number of likely N-dealkylation sites (N-methyl/N-ethyl adjacent to an activating group) is 1. The summed E-state index contributed by atoms with van der Waals surface area (Å²) < 4.78 is 10.5. The molecule has 0 spiro atoms. The number of nitrogens with zero attached hydrogens (tertiary/aromatic N) is 1. The first-order valence-electron chi connectivity index (χ1n) is 7.09. The van der Waals surface area contributed by atoms with Gasteiger partial charge < -0.3 is 14.4 Å². The van der Waals surface area contributed by atoms with Gasteiger partial charge in [-0.15, -0.1) is 0 Å². The number of amides is 1. The van der Waals surface area contributed by atoms with E-state index in [0.717, 1.165) is 0 Å². The molecule has 0 aliphatic carbocycles. The molecule has 0 saturated heterocycles. The van der Waals surface area contributed by atoms with Crippen molar-refractivity contribution >= 4 is 11.7 Å². The van der Waals surface area contributed by atoms with Crippen molar-refractivity contribution in [3.63, 3.8) is 0 Å². The van der Waals surface area contributed by atoms with Crippen molar-refractivity contribution < 1.29 is 19.1 Å². The molecule has 1 amide bonds. The van der Waals surface area contributed by atoms with Crippen LogP contribution in [0.1, 0.15) is 37.6 Å². The second kappa shape index (κ2) is 6.16. The number of ketones is 1. The van der Waals surface area contributed by atoms with Crippen LogP contribution < -0.4 is 9.47 Å². The van der Waals surface area contributed by atoms with E-state index in [4.69, 9.17) is 9.47 Å². The molecule has 0 saturated carbocycles. The minimum atomic E-state index is -0.503. The van der Waals surface area contributed by atoms with Gasteiger partial charge in [0.25, 0.3) is 0 Å². The minimum absolute atomic E-state index is 0.0217. The first kappa shape index (κ1) is 15.4. The quantitative estimate of drug-likeness (QED) is 0.782. The maximum atomic E-state index is 12.5. The normalized spacial score (nSPS) is 14.1. The lowest BCUT2D eigenvalue weighted by molar-refractivity contribution is -0.131. The summed E-state index contributed by atoms with van der Waals surface area (Å²) in [6.45, 7) is 5.88. The largest absolute Gasteiger partial charge is 0.454 e. The Labute approximate surface area is 124 Å². The Morgan fingerprint density at radius 2 is 1.86 bits per heavy atom. The molecular formula is C16H21NO4. The van der Waals surface area contributed by atoms with Crippen LogP contribution in [-0.2, 0) is 4.79 Å². The van der Waals surface area contributed by atoms with Crippen molar-refractivity contribution in [3.05, 3.63) is 23.8 Å². The van der Waals surface area contributed by atoms with Crippen molar-refractivity contribution in [1.82, 2.24) is 4.90 Å². The van der Waals surface area contributed by atoms with Crippen LogP contribution in [-0.4, -0.2) is 36.5 Å². The summed E-state index contributed by atoms with van der Waals surface area (Å²) in [4.78, 5) is 26.0. The topological polar surface area (TPSA) is 55.8 Å². The molecule has 1 heterocycles. The number of ether oxygens (including phenoxy) is 2. The first-order chi connectivity index (χ1) is 9.90. The SMILES string of the molecule is CC(C)CC(=O)N(C)C(C)C(=O)c1ccc2c(c1)OCO2. The average molecular weight is 291 g/mol. The highest BCUT2D eigenvalue weighted by Crippen LogP contribution is 2.33. The van der Waals surface area contributed by atoms with E-state index in [1.165, 1.54) is 4.90 Å². The summed E-state index contributed by atoms with van der Waals surface area (Å²) >= 11 is 0. The maximum absolute atomic E-state index is 12.5. The summed E-state index contributed by atoms with van der Waals surface area (Å²) in [5.74, 6) is 1.36. The van der Waals surface area contributed by atoms with Gasteiger partial charge in [-0.1, -0.05) is 13.8 Å². The Balaban J connectivity index is 2.10. The Morgan fingerprint density at radius 1 is 1.19 bits per heavy atom. The van der Waals surface area contributed by atoms with Crippen molar-refractivity contribution in [2.75, 3.05) is 13.8 Å². The molecule has 0 radical (unpaired) electrons. The van der Waals surface area contributed by atoms with Crippen molar-refractivity contribution in [2.45, 2.75) is 33.2 Å². The molecule has 1 unspecified atom stereocenters. The average Bonchev–Trinajstić information content (AvgIpc) is 2.91. The van der Waals surface area contributed by atoms with Crippen molar-refractivity contribution in [1.29, 1.82) is 0 Å². The Hall–Kier alpha value is -2.04. The number of benzene rings is 1. The lowest BCUT2D eigenvalue weighted by Gasteiger charge is -2.24. The first-order valence-corrected chi connectivity index (χ1v) is 7.09. The van der Waals surface area contributed by atoms with Gasteiger partial charge in [-0.2, -0.15) is 0 Å². The fourth-order valence-electron chi connectivity index (χ4n) is 2.18. The van der Waals surface area contributed by atoms with Crippen LogP contribution >= 0.6 is 0 Å². The van der Waals surface area contributed by atoms with Crippen LogP contribution in [0.15, 0.2) is 18.2 Å². The zero-order valence-corrected chi connectivity index (χ0v) is 12.9. The highest BCUT2D eigenvalue weighted by Gasteiger charge is 2.25. The van der Waals surface area contributed by atoms with Crippen LogP contribution in [0, 0.1) is 5.92 Å². The van der Waals surface area contributed by atoms with Crippen molar-refractivity contribution in [3.8, 4) is 11.5 Å². The van der Waals surface area contributed by atoms with E-state index in [0.29, 0.717) is 23.5 Å². The molecular weight excluding hydrogens is 270 g/mol. The fourth-order valence-corrected chi connectivity index (χ4v) is 2.18. The molecule has 21 heavy (non-hydrogen) atoms. The number of rotatable bonds is 5. The third-order valence-electron chi connectivity index (χ3n) is 3.59. The Morgan fingerprint density at radius 3 is 2.52 bits per heavy atom. The van der Waals surface area contributed by atoms with Gasteiger partial charge in [-0.25, -0.2) is 0 Å². The van der Waals surface area contributed by atoms with Crippen LogP contribution in [0.5, 0.6) is 11.5 Å². The van der Waals surface area contributed by atoms with Crippen LogP contribution in [0.4, 0.5) is 0 Å². The molecule has 2 rings (SSSR count). The van der Waals surface area contributed by atoms with Gasteiger partial charge in [0.05, 0.1) is 6.04 Å². The van der Waals surface area contributed by atoms with Gasteiger partial charge in [0.2, 0.25) is 12.7 Å². The van der Waals surface area contributed by atoms with E-state index in [2.05, 4.69) is 0 Å². The third kappa shape index (κ3) is 3.35. The number of Topliss-reactive ketones (excluding diaryl/α,β-unsaturated/α-hetero) is 1. The van der Waals surface area contributed by atoms with E-state index in [1.54, 1.807) is 32.2 Å². The number of fused-ring (bicyclic) bond motifs is 1. The summed E-state index contributed by atoms with van der Waals surface area (Å²) in [5.41, 5.74) is 0.524. The van der Waals surface area contributed by atoms with Crippen molar-refractivity contribution in [2.24, 2.45) is 5.92 Å². The van der Waals surface area contributed by atoms with E-state index in [-0.39, 0.29) is 24.4 Å². The minimum Gasteiger partial charge on any atom is -0.454 e. The summed E-state index contributed by atoms with van der Waals surface area (Å²) in [7, 11) is 1.67. The Kier molecular flexibility index (Phi) is 4.50. The van der Waals surface area contributed by atoms with E-state index >= 15 is 0 Å². The van der Waals surface area contributed by atoms with Gasteiger partial charge >= 0.3 is 0 Å². The van der Waals surface area contributed by atoms with Gasteiger partial charge in [-0.05, 0) is 31.0 Å². The fraction of sp³-hybridized carbons (Fsp3) is 0.500. The molecule has 1 atom stereocenters. The predicted octanol–water partition coefficient (Wildman–Crippen LogP) is 2.49. The Bertz CT molecular complexity index is 553. The number of carbonyl (C=O) groups excluding carboxylic acids is 2. The van der Waals surface area contributed by atoms with Gasteiger partial charge in [-0.3, -0.25) is 9.59 Å². The van der Waals surface area contributed by atoms with Gasteiger partial charge in [0.15, 0.2) is 17.3 Å². The lowest BCUT2D eigenvalue weighted by atomic mass is 10.0. The number of carbonyl (C=O) groups is 2. The van der Waals surface area contributed by atoms with Crippen LogP contribution in [0.2, 0.25) is 0 Å². The molecule has 5 heteroatoms. The highest BCUT2D eigenvalue weighted by molar-refractivity contribution is 6.02. The summed E-state index contributed by atoms with van der Waals surface area (Å²) in [5, 5.41) is 0.